The van der Waals surface area contributed by atoms with E-state index in [2.05, 4.69) is 5.10 Å². The van der Waals surface area contributed by atoms with E-state index in [0.29, 0.717) is 0 Å². The summed E-state index contributed by atoms with van der Waals surface area (Å²) in [6.07, 6.45) is -5.47. The number of nitrogens with zero attached hydrogens (tertiary/aromatic N) is 2. The highest BCUT2D eigenvalue weighted by Crippen LogP contribution is 2.41. The minimum Gasteiger partial charge on any atom is -0.362 e. The predicted molar refractivity (Wildman–Crippen MR) is 78.7 cm³/mol. The Morgan fingerprint density at radius 2 is 2.00 bits per heavy atom. The molecule has 1 aliphatic rings. The fraction of sp³-hybridized carbons (Fsp3) is 0.385. The molecule has 2 rings (SSSR count). The van der Waals surface area contributed by atoms with Gasteiger partial charge >= 0.3 is 6.18 Å². The van der Waals surface area contributed by atoms with Gasteiger partial charge in [0.2, 0.25) is 0 Å². The maximum absolute atomic E-state index is 13.1. The third kappa shape index (κ3) is 2.91. The van der Waals surface area contributed by atoms with Gasteiger partial charge in [0.05, 0.1) is 0 Å². The van der Waals surface area contributed by atoms with E-state index in [-0.39, 0.29) is 22.7 Å². The van der Waals surface area contributed by atoms with Gasteiger partial charge in [0.15, 0.2) is 0 Å². The van der Waals surface area contributed by atoms with E-state index in [1.165, 1.54) is 12.1 Å². The molecule has 1 unspecified atom stereocenters. The molecule has 0 saturated heterocycles. The van der Waals surface area contributed by atoms with Crippen LogP contribution in [0.4, 0.5) is 13.2 Å². The Balaban J connectivity index is 2.40. The number of rotatable bonds is 2. The minimum absolute atomic E-state index is 0.0409. The Bertz CT molecular complexity index is 586. The molecule has 1 amide bonds. The normalized spacial score (nSPS) is 22.4. The maximum Gasteiger partial charge on any atom is 0.438 e. The summed E-state index contributed by atoms with van der Waals surface area (Å²) in [7, 11) is 0. The summed E-state index contributed by atoms with van der Waals surface area (Å²) in [5, 5.41) is 13.7. The summed E-state index contributed by atoms with van der Waals surface area (Å²) < 4.78 is 40.2. The number of carbonyl (C=O) groups excluding carboxylic acids is 1. The van der Waals surface area contributed by atoms with Crippen LogP contribution in [0.15, 0.2) is 29.4 Å². The van der Waals surface area contributed by atoms with Crippen LogP contribution in [-0.2, 0) is 0 Å². The van der Waals surface area contributed by atoms with Crippen molar-refractivity contribution in [2.45, 2.75) is 31.7 Å². The lowest BCUT2D eigenvalue weighted by Crippen LogP contribution is -2.56. The topological polar surface area (TPSA) is 52.9 Å². The second-order valence-corrected chi connectivity index (χ2v) is 5.88. The SMILES string of the molecule is CCC1=NN(C(=O)c2ccc(I)cc2)C(O)(C(F)(F)F)C1. The lowest BCUT2D eigenvalue weighted by atomic mass is 10.0. The number of aliphatic hydroxyl groups is 1. The summed E-state index contributed by atoms with van der Waals surface area (Å²) in [6, 6.07) is 6.00. The van der Waals surface area contributed by atoms with Gasteiger partial charge < -0.3 is 5.11 Å². The number of hydrazone groups is 1. The van der Waals surface area contributed by atoms with Gasteiger partial charge in [-0.3, -0.25) is 4.79 Å². The fourth-order valence-corrected chi connectivity index (χ4v) is 2.32. The van der Waals surface area contributed by atoms with Crippen LogP contribution in [-0.4, -0.2) is 33.6 Å². The molecule has 1 aromatic carbocycles. The maximum atomic E-state index is 13.1. The van der Waals surface area contributed by atoms with E-state index in [1.54, 1.807) is 19.1 Å². The average Bonchev–Trinajstić information content (AvgIpc) is 2.77. The number of carbonyl (C=O) groups is 1. The largest absolute Gasteiger partial charge is 0.438 e. The molecule has 8 heteroatoms. The van der Waals surface area contributed by atoms with Crippen LogP contribution in [0.3, 0.4) is 0 Å². The van der Waals surface area contributed by atoms with Crippen LogP contribution in [0.1, 0.15) is 30.1 Å². The van der Waals surface area contributed by atoms with Gasteiger partial charge in [0.25, 0.3) is 11.6 Å². The van der Waals surface area contributed by atoms with E-state index >= 15 is 0 Å². The first kappa shape index (κ1) is 16.2. The minimum atomic E-state index is -4.98. The third-order valence-corrected chi connectivity index (χ3v) is 3.91. The number of alkyl halides is 3. The first-order valence-electron chi connectivity index (χ1n) is 6.14. The quantitative estimate of drug-likeness (QED) is 0.760. The molecule has 1 aliphatic heterocycles. The van der Waals surface area contributed by atoms with Crippen molar-refractivity contribution in [3.05, 3.63) is 33.4 Å². The first-order chi connectivity index (χ1) is 9.69. The van der Waals surface area contributed by atoms with Crippen molar-refractivity contribution in [3.8, 4) is 0 Å². The molecule has 0 saturated carbocycles. The Labute approximate surface area is 132 Å². The number of hydrogen-bond acceptors (Lipinski definition) is 3. The monoisotopic (exact) mass is 412 g/mol. The van der Waals surface area contributed by atoms with E-state index in [1.807, 2.05) is 22.6 Å². The smallest absolute Gasteiger partial charge is 0.362 e. The summed E-state index contributed by atoms with van der Waals surface area (Å²) in [4.78, 5) is 12.2. The van der Waals surface area contributed by atoms with E-state index in [0.717, 1.165) is 3.57 Å². The van der Waals surface area contributed by atoms with E-state index in [4.69, 9.17) is 0 Å². The highest BCUT2D eigenvalue weighted by molar-refractivity contribution is 14.1. The molecule has 0 radical (unpaired) electrons. The van der Waals surface area contributed by atoms with Crippen molar-refractivity contribution in [3.63, 3.8) is 0 Å². The molecule has 0 spiro atoms. The first-order valence-corrected chi connectivity index (χ1v) is 7.22. The molecule has 1 heterocycles. The van der Waals surface area contributed by atoms with Crippen molar-refractivity contribution in [1.82, 2.24) is 5.01 Å². The van der Waals surface area contributed by atoms with Crippen LogP contribution in [0.25, 0.3) is 0 Å². The van der Waals surface area contributed by atoms with Gasteiger partial charge in [-0.1, -0.05) is 6.92 Å². The molecule has 0 aliphatic carbocycles. The Morgan fingerprint density at radius 3 is 2.48 bits per heavy atom. The zero-order chi connectivity index (χ0) is 15.8. The molecule has 0 aromatic heterocycles. The highest BCUT2D eigenvalue weighted by Gasteiger charge is 2.63. The number of benzene rings is 1. The molecule has 114 valence electrons. The zero-order valence-electron chi connectivity index (χ0n) is 11.0. The Hall–Kier alpha value is -1.16. The molecule has 0 bridgehead atoms. The van der Waals surface area contributed by atoms with Gasteiger partial charge in [-0.2, -0.15) is 23.3 Å². The van der Waals surface area contributed by atoms with Crippen molar-refractivity contribution >= 4 is 34.2 Å². The highest BCUT2D eigenvalue weighted by atomic mass is 127. The van der Waals surface area contributed by atoms with Crippen molar-refractivity contribution in [2.24, 2.45) is 5.10 Å². The molecule has 1 N–H and O–H groups in total. The van der Waals surface area contributed by atoms with Crippen LogP contribution in [0.2, 0.25) is 0 Å². The van der Waals surface area contributed by atoms with Crippen LogP contribution in [0, 0.1) is 3.57 Å². The second-order valence-electron chi connectivity index (χ2n) is 4.63. The second kappa shape index (κ2) is 5.56. The molecular formula is C13H12F3IN2O2. The molecule has 4 nitrogen and oxygen atoms in total. The summed E-state index contributed by atoms with van der Waals surface area (Å²) in [5.41, 5.74) is -3.11. The zero-order valence-corrected chi connectivity index (χ0v) is 13.1. The van der Waals surface area contributed by atoms with E-state index < -0.39 is 24.2 Å². The van der Waals surface area contributed by atoms with Gasteiger partial charge in [0, 0.05) is 21.3 Å². The van der Waals surface area contributed by atoms with Gasteiger partial charge in [-0.25, -0.2) is 0 Å². The number of halogens is 4. The van der Waals surface area contributed by atoms with Crippen molar-refractivity contribution in [2.75, 3.05) is 0 Å². The average molecular weight is 412 g/mol. The fourth-order valence-electron chi connectivity index (χ4n) is 1.96. The standard InChI is InChI=1S/C13H12F3IN2O2/c1-2-10-7-12(21,13(14,15)16)19(18-10)11(20)8-3-5-9(17)6-4-8/h3-6,21H,2,7H2,1H3. The Kier molecular flexibility index (Phi) is 4.29. The number of amides is 1. The van der Waals surface area contributed by atoms with Crippen LogP contribution in [0.5, 0.6) is 0 Å². The summed E-state index contributed by atoms with van der Waals surface area (Å²) in [5.74, 6) is -0.977. The lowest BCUT2D eigenvalue weighted by Gasteiger charge is -2.32. The van der Waals surface area contributed by atoms with Crippen molar-refractivity contribution in [1.29, 1.82) is 0 Å². The third-order valence-electron chi connectivity index (χ3n) is 3.19. The summed E-state index contributed by atoms with van der Waals surface area (Å²) >= 11 is 2.02. The molecule has 0 fully saturated rings. The molecule has 21 heavy (non-hydrogen) atoms. The summed E-state index contributed by atoms with van der Waals surface area (Å²) in [6.45, 7) is 1.62. The van der Waals surface area contributed by atoms with Gasteiger partial charge in [-0.05, 0) is 53.3 Å². The predicted octanol–water partition coefficient (Wildman–Crippen LogP) is 3.15. The van der Waals surface area contributed by atoms with Gasteiger partial charge in [-0.15, -0.1) is 0 Å². The Morgan fingerprint density at radius 1 is 1.43 bits per heavy atom. The van der Waals surface area contributed by atoms with Gasteiger partial charge in [0.1, 0.15) is 0 Å². The molecular weight excluding hydrogens is 400 g/mol. The van der Waals surface area contributed by atoms with E-state index in [9.17, 15) is 23.1 Å². The molecule has 1 atom stereocenters. The van der Waals surface area contributed by atoms with Crippen molar-refractivity contribution < 1.29 is 23.1 Å². The van der Waals surface area contributed by atoms with Crippen LogP contribution < -0.4 is 0 Å². The number of hydrogen-bond donors (Lipinski definition) is 1. The lowest BCUT2D eigenvalue weighted by molar-refractivity contribution is -0.297. The van der Waals surface area contributed by atoms with Crippen LogP contribution >= 0.6 is 22.6 Å². The molecule has 1 aromatic rings.